The van der Waals surface area contributed by atoms with Crippen LogP contribution in [0, 0.1) is 24.0 Å². The van der Waals surface area contributed by atoms with Crippen molar-refractivity contribution in [2.75, 3.05) is 12.8 Å². The Labute approximate surface area is 127 Å². The van der Waals surface area contributed by atoms with Gasteiger partial charge in [0.05, 0.1) is 17.6 Å². The van der Waals surface area contributed by atoms with Gasteiger partial charge in [-0.15, -0.1) is 0 Å². The van der Waals surface area contributed by atoms with Gasteiger partial charge in [-0.25, -0.2) is 4.79 Å². The van der Waals surface area contributed by atoms with Gasteiger partial charge in [0, 0.05) is 30.1 Å². The Morgan fingerprint density at radius 2 is 1.95 bits per heavy atom. The highest BCUT2D eigenvalue weighted by molar-refractivity contribution is 6.00. The number of nitrogens with two attached hydrogens (primary N) is 1. The zero-order valence-electron chi connectivity index (χ0n) is 12.8. The second-order valence-electron chi connectivity index (χ2n) is 5.00. The molecule has 0 unspecified atom stereocenters. The van der Waals surface area contributed by atoms with E-state index < -0.39 is 10.9 Å². The van der Waals surface area contributed by atoms with E-state index in [1.807, 2.05) is 18.5 Å². The summed E-state index contributed by atoms with van der Waals surface area (Å²) in [6, 6.07) is 4.51. The number of benzene rings is 1. The van der Waals surface area contributed by atoms with E-state index in [9.17, 15) is 14.9 Å². The van der Waals surface area contributed by atoms with Crippen molar-refractivity contribution in [3.63, 3.8) is 0 Å². The van der Waals surface area contributed by atoms with Crippen molar-refractivity contribution in [3.8, 4) is 11.1 Å². The molecule has 0 radical (unpaired) electrons. The SMILES string of the molecule is COC(=O)c1c(-c2ccc(N)c([N+](=O)[O-])c2)c(C)n(C)c1C. The van der Waals surface area contributed by atoms with E-state index in [0.29, 0.717) is 16.7 Å². The molecule has 7 nitrogen and oxygen atoms in total. The lowest BCUT2D eigenvalue weighted by Crippen LogP contribution is -2.05. The average molecular weight is 303 g/mol. The summed E-state index contributed by atoms with van der Waals surface area (Å²) in [4.78, 5) is 22.6. The van der Waals surface area contributed by atoms with Crippen molar-refractivity contribution >= 4 is 17.3 Å². The number of methoxy groups -OCH3 is 1. The minimum atomic E-state index is -0.540. The summed E-state index contributed by atoms with van der Waals surface area (Å²) >= 11 is 0. The molecule has 0 aliphatic rings. The number of nitro benzene ring substituents is 1. The minimum absolute atomic E-state index is 0.0821. The van der Waals surface area contributed by atoms with Gasteiger partial charge in [-0.1, -0.05) is 6.07 Å². The first-order chi connectivity index (χ1) is 10.3. The predicted octanol–water partition coefficient (Wildman–Crippen LogP) is 2.59. The van der Waals surface area contributed by atoms with E-state index in [4.69, 9.17) is 10.5 Å². The maximum Gasteiger partial charge on any atom is 0.340 e. The number of anilines is 1. The van der Waals surface area contributed by atoms with Crippen LogP contribution in [0.15, 0.2) is 18.2 Å². The number of rotatable bonds is 3. The van der Waals surface area contributed by atoms with Crippen LogP contribution in [0.4, 0.5) is 11.4 Å². The van der Waals surface area contributed by atoms with Crippen molar-refractivity contribution in [2.24, 2.45) is 7.05 Å². The van der Waals surface area contributed by atoms with E-state index in [1.165, 1.54) is 19.2 Å². The summed E-state index contributed by atoms with van der Waals surface area (Å²) in [6.07, 6.45) is 0. The van der Waals surface area contributed by atoms with Gasteiger partial charge in [-0.2, -0.15) is 0 Å². The van der Waals surface area contributed by atoms with Crippen molar-refractivity contribution < 1.29 is 14.5 Å². The van der Waals surface area contributed by atoms with E-state index in [2.05, 4.69) is 0 Å². The van der Waals surface area contributed by atoms with Gasteiger partial charge >= 0.3 is 5.97 Å². The molecule has 2 rings (SSSR count). The lowest BCUT2D eigenvalue weighted by Gasteiger charge is -2.06. The molecule has 2 aromatic rings. The van der Waals surface area contributed by atoms with Crippen LogP contribution in [-0.2, 0) is 11.8 Å². The monoisotopic (exact) mass is 303 g/mol. The fraction of sp³-hybridized carbons (Fsp3) is 0.267. The van der Waals surface area contributed by atoms with Crippen LogP contribution >= 0.6 is 0 Å². The normalized spacial score (nSPS) is 10.5. The quantitative estimate of drug-likeness (QED) is 0.406. The Morgan fingerprint density at radius 3 is 2.50 bits per heavy atom. The van der Waals surface area contributed by atoms with Crippen LogP contribution in [0.25, 0.3) is 11.1 Å². The standard InChI is InChI=1S/C15H17N3O4/c1-8-13(14(15(19)22-4)9(2)17(8)3)10-5-6-11(16)12(7-10)18(20)21/h5-7H,16H2,1-4H3. The van der Waals surface area contributed by atoms with Crippen LogP contribution in [0.1, 0.15) is 21.7 Å². The number of nitrogens with zero attached hydrogens (tertiary/aromatic N) is 2. The van der Waals surface area contributed by atoms with Crippen molar-refractivity contribution in [1.29, 1.82) is 0 Å². The Balaban J connectivity index is 2.78. The number of carbonyl (C=O) groups is 1. The molecular weight excluding hydrogens is 286 g/mol. The summed E-state index contributed by atoms with van der Waals surface area (Å²) in [7, 11) is 3.13. The molecule has 0 saturated carbocycles. The van der Waals surface area contributed by atoms with E-state index in [0.717, 1.165) is 11.4 Å². The van der Waals surface area contributed by atoms with Crippen LogP contribution in [0.2, 0.25) is 0 Å². The second-order valence-corrected chi connectivity index (χ2v) is 5.00. The number of hydrogen-bond acceptors (Lipinski definition) is 5. The predicted molar refractivity (Wildman–Crippen MR) is 82.7 cm³/mol. The Bertz CT molecular complexity index is 778. The molecule has 2 N–H and O–H groups in total. The number of aromatic nitrogens is 1. The first-order valence-electron chi connectivity index (χ1n) is 6.58. The highest BCUT2D eigenvalue weighted by atomic mass is 16.6. The lowest BCUT2D eigenvalue weighted by atomic mass is 9.99. The largest absolute Gasteiger partial charge is 0.465 e. The highest BCUT2D eigenvalue weighted by Gasteiger charge is 2.25. The van der Waals surface area contributed by atoms with Gasteiger partial charge in [0.1, 0.15) is 5.69 Å². The Morgan fingerprint density at radius 1 is 1.32 bits per heavy atom. The molecule has 0 saturated heterocycles. The number of nitro groups is 1. The van der Waals surface area contributed by atoms with Crippen LogP contribution in [0.5, 0.6) is 0 Å². The summed E-state index contributed by atoms with van der Waals surface area (Å²) in [5.41, 5.74) is 8.66. The van der Waals surface area contributed by atoms with Crippen LogP contribution < -0.4 is 5.73 Å². The molecule has 0 fully saturated rings. The van der Waals surface area contributed by atoms with Crippen LogP contribution in [-0.4, -0.2) is 22.6 Å². The third kappa shape index (κ3) is 2.30. The summed E-state index contributed by atoms with van der Waals surface area (Å²) in [6.45, 7) is 3.64. The summed E-state index contributed by atoms with van der Waals surface area (Å²) in [5.74, 6) is -0.476. The molecule has 116 valence electrons. The molecule has 1 aromatic carbocycles. The number of hydrogen-bond donors (Lipinski definition) is 1. The zero-order valence-corrected chi connectivity index (χ0v) is 12.8. The van der Waals surface area contributed by atoms with Gasteiger partial charge in [0.2, 0.25) is 0 Å². The number of ether oxygens (including phenoxy) is 1. The Hall–Kier alpha value is -2.83. The fourth-order valence-electron chi connectivity index (χ4n) is 2.51. The molecule has 7 heteroatoms. The van der Waals surface area contributed by atoms with Crippen molar-refractivity contribution in [3.05, 3.63) is 45.3 Å². The second kappa shape index (κ2) is 5.51. The molecule has 1 heterocycles. The average Bonchev–Trinajstić information content (AvgIpc) is 2.71. The van der Waals surface area contributed by atoms with E-state index in [-0.39, 0.29) is 11.4 Å². The van der Waals surface area contributed by atoms with Gasteiger partial charge in [-0.05, 0) is 25.5 Å². The number of carbonyl (C=O) groups excluding carboxylic acids is 1. The van der Waals surface area contributed by atoms with Gasteiger partial charge in [0.25, 0.3) is 5.69 Å². The third-order valence-electron chi connectivity index (χ3n) is 3.89. The van der Waals surface area contributed by atoms with Crippen LogP contribution in [0.3, 0.4) is 0 Å². The smallest absolute Gasteiger partial charge is 0.340 e. The molecule has 0 aliphatic carbocycles. The topological polar surface area (TPSA) is 100 Å². The van der Waals surface area contributed by atoms with E-state index in [1.54, 1.807) is 13.0 Å². The highest BCUT2D eigenvalue weighted by Crippen LogP contribution is 2.35. The summed E-state index contributed by atoms with van der Waals surface area (Å²) in [5, 5.41) is 11.1. The van der Waals surface area contributed by atoms with Gasteiger partial charge < -0.3 is 15.0 Å². The first kappa shape index (κ1) is 15.6. The maximum absolute atomic E-state index is 12.1. The fourth-order valence-corrected chi connectivity index (χ4v) is 2.51. The molecule has 0 spiro atoms. The van der Waals surface area contributed by atoms with E-state index >= 15 is 0 Å². The van der Waals surface area contributed by atoms with Gasteiger partial charge in [0.15, 0.2) is 0 Å². The maximum atomic E-state index is 12.1. The molecular formula is C15H17N3O4. The molecule has 1 aromatic heterocycles. The Kier molecular flexibility index (Phi) is 3.90. The zero-order chi connectivity index (χ0) is 16.6. The molecule has 22 heavy (non-hydrogen) atoms. The van der Waals surface area contributed by atoms with Gasteiger partial charge in [-0.3, -0.25) is 10.1 Å². The minimum Gasteiger partial charge on any atom is -0.465 e. The number of nitrogen functional groups attached to an aromatic ring is 1. The molecule has 0 atom stereocenters. The molecule has 0 bridgehead atoms. The van der Waals surface area contributed by atoms with Crippen molar-refractivity contribution in [2.45, 2.75) is 13.8 Å². The molecule has 0 aliphatic heterocycles. The number of esters is 1. The third-order valence-corrected chi connectivity index (χ3v) is 3.89. The summed E-state index contributed by atoms with van der Waals surface area (Å²) < 4.78 is 6.69. The molecule has 0 amide bonds. The van der Waals surface area contributed by atoms with Crippen molar-refractivity contribution in [1.82, 2.24) is 4.57 Å². The first-order valence-corrected chi connectivity index (χ1v) is 6.58. The lowest BCUT2D eigenvalue weighted by molar-refractivity contribution is -0.383.